The topological polar surface area (TPSA) is 24.6 Å². The summed E-state index contributed by atoms with van der Waals surface area (Å²) in [5, 5.41) is 3.46. The zero-order valence-corrected chi connectivity index (χ0v) is 6.89. The molecule has 1 aliphatic rings. The van der Waals surface area contributed by atoms with Crippen molar-refractivity contribution >= 4 is 0 Å². The van der Waals surface area contributed by atoms with Crippen molar-refractivity contribution in [1.82, 2.24) is 5.32 Å². The van der Waals surface area contributed by atoms with Crippen molar-refractivity contribution in [3.05, 3.63) is 0 Å². The number of epoxide rings is 1. The van der Waals surface area contributed by atoms with Crippen LogP contribution in [0.3, 0.4) is 0 Å². The lowest BCUT2D eigenvalue weighted by atomic mass is 10.2. The van der Waals surface area contributed by atoms with Gasteiger partial charge in [-0.25, -0.2) is 0 Å². The third-order valence-corrected chi connectivity index (χ3v) is 2.02. The third-order valence-electron chi connectivity index (χ3n) is 2.02. The van der Waals surface area contributed by atoms with E-state index in [0.29, 0.717) is 12.1 Å². The van der Waals surface area contributed by atoms with E-state index in [-0.39, 0.29) is 0 Å². The fourth-order valence-corrected chi connectivity index (χ4v) is 1.06. The van der Waals surface area contributed by atoms with Gasteiger partial charge in [0.05, 0.1) is 12.7 Å². The van der Waals surface area contributed by atoms with Crippen molar-refractivity contribution in [3.63, 3.8) is 0 Å². The minimum absolute atomic E-state index is 0.528. The van der Waals surface area contributed by atoms with Gasteiger partial charge in [0, 0.05) is 12.6 Å². The molecular formula is C8H17NO. The fourth-order valence-electron chi connectivity index (χ4n) is 1.06. The van der Waals surface area contributed by atoms with Crippen LogP contribution in [0.1, 0.15) is 26.7 Å². The molecule has 0 spiro atoms. The van der Waals surface area contributed by atoms with Crippen molar-refractivity contribution in [2.75, 3.05) is 13.2 Å². The van der Waals surface area contributed by atoms with E-state index in [4.69, 9.17) is 4.74 Å². The number of hydrogen-bond acceptors (Lipinski definition) is 2. The minimum atomic E-state index is 0.528. The highest BCUT2D eigenvalue weighted by Gasteiger charge is 2.22. The first-order valence-electron chi connectivity index (χ1n) is 4.21. The average Bonchev–Trinajstić information content (AvgIpc) is 2.74. The molecule has 1 heterocycles. The summed E-state index contributed by atoms with van der Waals surface area (Å²) in [7, 11) is 0. The Labute approximate surface area is 63.0 Å². The summed E-state index contributed by atoms with van der Waals surface area (Å²) in [5.41, 5.74) is 0. The first-order chi connectivity index (χ1) is 4.86. The smallest absolute Gasteiger partial charge is 0.0934 e. The molecule has 1 N–H and O–H groups in total. The number of ether oxygens (including phenoxy) is 1. The van der Waals surface area contributed by atoms with Gasteiger partial charge in [-0.05, 0) is 12.8 Å². The van der Waals surface area contributed by atoms with Crippen LogP contribution in [0.2, 0.25) is 0 Å². The molecule has 0 aromatic rings. The molecule has 0 amide bonds. The Morgan fingerprint density at radius 2 is 2.10 bits per heavy atom. The Hall–Kier alpha value is -0.0800. The van der Waals surface area contributed by atoms with Crippen LogP contribution < -0.4 is 5.32 Å². The van der Waals surface area contributed by atoms with E-state index in [2.05, 4.69) is 19.2 Å². The molecule has 1 fully saturated rings. The van der Waals surface area contributed by atoms with Crippen molar-refractivity contribution in [3.8, 4) is 0 Å². The van der Waals surface area contributed by atoms with Gasteiger partial charge in [-0.2, -0.15) is 0 Å². The van der Waals surface area contributed by atoms with Gasteiger partial charge in [0.15, 0.2) is 0 Å². The molecule has 1 rings (SSSR count). The molecule has 0 bridgehead atoms. The average molecular weight is 143 g/mol. The molecule has 1 atom stereocenters. The van der Waals surface area contributed by atoms with E-state index < -0.39 is 0 Å². The quantitative estimate of drug-likeness (QED) is 0.584. The van der Waals surface area contributed by atoms with Gasteiger partial charge in [0.2, 0.25) is 0 Å². The monoisotopic (exact) mass is 143 g/mol. The molecule has 2 nitrogen and oxygen atoms in total. The number of rotatable bonds is 5. The summed E-state index contributed by atoms with van der Waals surface area (Å²) in [5.74, 6) is 0. The van der Waals surface area contributed by atoms with Crippen LogP contribution in [-0.2, 0) is 4.74 Å². The van der Waals surface area contributed by atoms with Crippen LogP contribution in [0.15, 0.2) is 0 Å². The van der Waals surface area contributed by atoms with E-state index in [9.17, 15) is 0 Å². The minimum Gasteiger partial charge on any atom is -0.372 e. The normalized spacial score (nSPS) is 23.7. The summed E-state index contributed by atoms with van der Waals surface area (Å²) < 4.78 is 5.09. The van der Waals surface area contributed by atoms with Gasteiger partial charge in [-0.15, -0.1) is 0 Å². The lowest BCUT2D eigenvalue weighted by molar-refractivity contribution is 0.376. The molecule has 0 aromatic carbocycles. The van der Waals surface area contributed by atoms with Gasteiger partial charge in [0.1, 0.15) is 0 Å². The van der Waals surface area contributed by atoms with Gasteiger partial charge in [0.25, 0.3) is 0 Å². The molecule has 1 unspecified atom stereocenters. The second kappa shape index (κ2) is 3.94. The van der Waals surface area contributed by atoms with Crippen LogP contribution in [0.5, 0.6) is 0 Å². The third kappa shape index (κ3) is 2.67. The van der Waals surface area contributed by atoms with E-state index in [1.54, 1.807) is 0 Å². The Balaban J connectivity index is 1.97. The molecule has 0 radical (unpaired) electrons. The molecule has 60 valence electrons. The highest BCUT2D eigenvalue weighted by atomic mass is 16.6. The number of nitrogens with one attached hydrogen (secondary N) is 1. The Morgan fingerprint density at radius 1 is 1.50 bits per heavy atom. The maximum atomic E-state index is 5.09. The van der Waals surface area contributed by atoms with Crippen molar-refractivity contribution < 1.29 is 4.74 Å². The van der Waals surface area contributed by atoms with Crippen LogP contribution in [-0.4, -0.2) is 25.3 Å². The molecule has 0 aliphatic carbocycles. The predicted octanol–water partition coefficient (Wildman–Crippen LogP) is 1.16. The van der Waals surface area contributed by atoms with E-state index in [1.807, 2.05) is 0 Å². The van der Waals surface area contributed by atoms with Gasteiger partial charge >= 0.3 is 0 Å². The molecule has 2 heteroatoms. The summed E-state index contributed by atoms with van der Waals surface area (Å²) in [6.45, 7) is 6.45. The van der Waals surface area contributed by atoms with Gasteiger partial charge in [-0.3, -0.25) is 0 Å². The first-order valence-corrected chi connectivity index (χ1v) is 4.21. The highest BCUT2D eigenvalue weighted by Crippen LogP contribution is 2.07. The first kappa shape index (κ1) is 8.02. The highest BCUT2D eigenvalue weighted by molar-refractivity contribution is 4.74. The van der Waals surface area contributed by atoms with E-state index in [1.165, 1.54) is 12.8 Å². The molecule has 0 aromatic heterocycles. The molecule has 1 saturated heterocycles. The van der Waals surface area contributed by atoms with Crippen LogP contribution >= 0.6 is 0 Å². The Kier molecular flexibility index (Phi) is 3.16. The Morgan fingerprint density at radius 3 is 2.50 bits per heavy atom. The van der Waals surface area contributed by atoms with Gasteiger partial charge in [-0.1, -0.05) is 13.8 Å². The molecule has 0 saturated carbocycles. The standard InChI is InChI=1S/C8H17NO/c1-3-7(4-2)9-5-8-6-10-8/h7-9H,3-6H2,1-2H3. The Bertz CT molecular complexity index is 87.3. The van der Waals surface area contributed by atoms with Crippen molar-refractivity contribution in [2.24, 2.45) is 0 Å². The maximum Gasteiger partial charge on any atom is 0.0934 e. The lowest BCUT2D eigenvalue weighted by Gasteiger charge is -2.12. The summed E-state index contributed by atoms with van der Waals surface area (Å²) in [6.07, 6.45) is 2.98. The van der Waals surface area contributed by atoms with E-state index in [0.717, 1.165) is 13.2 Å². The summed E-state index contributed by atoms with van der Waals surface area (Å²) in [4.78, 5) is 0. The zero-order chi connectivity index (χ0) is 7.40. The largest absolute Gasteiger partial charge is 0.372 e. The molecule has 10 heavy (non-hydrogen) atoms. The molecular weight excluding hydrogens is 126 g/mol. The second-order valence-corrected chi connectivity index (χ2v) is 2.88. The number of hydrogen-bond donors (Lipinski definition) is 1. The second-order valence-electron chi connectivity index (χ2n) is 2.88. The zero-order valence-electron chi connectivity index (χ0n) is 6.89. The SMILES string of the molecule is CCC(CC)NCC1CO1. The van der Waals surface area contributed by atoms with Crippen LogP contribution in [0.25, 0.3) is 0 Å². The maximum absolute atomic E-state index is 5.09. The predicted molar refractivity (Wildman–Crippen MR) is 42.1 cm³/mol. The van der Waals surface area contributed by atoms with Crippen LogP contribution in [0, 0.1) is 0 Å². The van der Waals surface area contributed by atoms with Crippen molar-refractivity contribution in [2.45, 2.75) is 38.8 Å². The lowest BCUT2D eigenvalue weighted by Crippen LogP contribution is -2.30. The van der Waals surface area contributed by atoms with Gasteiger partial charge < -0.3 is 10.1 Å². The summed E-state index contributed by atoms with van der Waals surface area (Å²) in [6, 6.07) is 0.698. The fraction of sp³-hybridized carbons (Fsp3) is 1.00. The van der Waals surface area contributed by atoms with Crippen LogP contribution in [0.4, 0.5) is 0 Å². The van der Waals surface area contributed by atoms with E-state index >= 15 is 0 Å². The summed E-state index contributed by atoms with van der Waals surface area (Å²) >= 11 is 0. The molecule has 1 aliphatic heterocycles. The van der Waals surface area contributed by atoms with Crippen molar-refractivity contribution in [1.29, 1.82) is 0 Å².